The zero-order valence-electron chi connectivity index (χ0n) is 13.2. The molecule has 0 amide bonds. The number of aromatic hydroxyl groups is 1. The fraction of sp³-hybridized carbons (Fsp3) is 0.625. The number of phenols is 1. The lowest BCUT2D eigenvalue weighted by Crippen LogP contribution is -2.45. The maximum Gasteiger partial charge on any atom is 0.200 e. The molecule has 21 heavy (non-hydrogen) atoms. The summed E-state index contributed by atoms with van der Waals surface area (Å²) >= 11 is 0. The number of hydrogen-bond acceptors (Lipinski definition) is 5. The van der Waals surface area contributed by atoms with Gasteiger partial charge in [0.2, 0.25) is 5.75 Å². The van der Waals surface area contributed by atoms with E-state index in [9.17, 15) is 5.11 Å². The minimum absolute atomic E-state index is 0.0688. The van der Waals surface area contributed by atoms with Crippen LogP contribution < -0.4 is 14.8 Å². The summed E-state index contributed by atoms with van der Waals surface area (Å²) in [4.78, 5) is 2.49. The maximum atomic E-state index is 10.1. The molecule has 0 spiro atoms. The summed E-state index contributed by atoms with van der Waals surface area (Å²) in [5.41, 5.74) is 1.14. The van der Waals surface area contributed by atoms with E-state index in [0.29, 0.717) is 17.5 Å². The summed E-state index contributed by atoms with van der Waals surface area (Å²) in [7, 11) is 3.13. The normalized spacial score (nSPS) is 17.5. The Labute approximate surface area is 126 Å². The summed E-state index contributed by atoms with van der Waals surface area (Å²) in [6.45, 7) is 6.32. The second kappa shape index (κ2) is 7.52. The van der Waals surface area contributed by atoms with Gasteiger partial charge >= 0.3 is 0 Å². The minimum Gasteiger partial charge on any atom is -0.502 e. The molecule has 1 aliphatic heterocycles. The number of nitrogens with one attached hydrogen (secondary N) is 1. The Balaban J connectivity index is 2.34. The SMILES string of the molecule is CCC[C@H](c1cc(OC)c(O)c(OC)c1)N1CCNCC1. The van der Waals surface area contributed by atoms with Gasteiger partial charge < -0.3 is 19.9 Å². The van der Waals surface area contributed by atoms with Crippen molar-refractivity contribution in [3.63, 3.8) is 0 Å². The third kappa shape index (κ3) is 3.60. The Kier molecular flexibility index (Phi) is 5.70. The Hall–Kier alpha value is -1.46. The van der Waals surface area contributed by atoms with E-state index in [1.165, 1.54) is 0 Å². The Morgan fingerprint density at radius 3 is 2.24 bits per heavy atom. The average molecular weight is 294 g/mol. The minimum atomic E-state index is 0.0688. The number of phenolic OH excluding ortho intramolecular Hbond substituents is 1. The predicted molar refractivity (Wildman–Crippen MR) is 83.3 cm³/mol. The van der Waals surface area contributed by atoms with Crippen molar-refractivity contribution in [2.24, 2.45) is 0 Å². The van der Waals surface area contributed by atoms with Crippen LogP contribution in [0, 0.1) is 0 Å². The van der Waals surface area contributed by atoms with E-state index >= 15 is 0 Å². The van der Waals surface area contributed by atoms with Gasteiger partial charge in [-0.05, 0) is 24.1 Å². The van der Waals surface area contributed by atoms with E-state index < -0.39 is 0 Å². The number of piperazine rings is 1. The molecule has 0 unspecified atom stereocenters. The van der Waals surface area contributed by atoms with Crippen LogP contribution in [0.3, 0.4) is 0 Å². The van der Waals surface area contributed by atoms with E-state index in [4.69, 9.17) is 9.47 Å². The molecule has 1 saturated heterocycles. The molecule has 5 heteroatoms. The van der Waals surface area contributed by atoms with Crippen molar-refractivity contribution in [2.75, 3.05) is 40.4 Å². The van der Waals surface area contributed by atoms with Crippen LogP contribution in [0.2, 0.25) is 0 Å². The number of ether oxygens (including phenoxy) is 2. The summed E-state index contributed by atoms with van der Waals surface area (Å²) in [5.74, 6) is 1.01. The Morgan fingerprint density at radius 1 is 1.19 bits per heavy atom. The van der Waals surface area contributed by atoms with Crippen LogP contribution in [0.4, 0.5) is 0 Å². The molecule has 0 radical (unpaired) electrons. The maximum absolute atomic E-state index is 10.1. The van der Waals surface area contributed by atoms with Crippen LogP contribution in [-0.2, 0) is 0 Å². The predicted octanol–water partition coefficient (Wildman–Crippen LogP) is 2.16. The molecule has 0 aromatic heterocycles. The highest BCUT2D eigenvalue weighted by Crippen LogP contribution is 2.40. The van der Waals surface area contributed by atoms with Gasteiger partial charge in [-0.15, -0.1) is 0 Å². The van der Waals surface area contributed by atoms with Crippen molar-refractivity contribution >= 4 is 0 Å². The molecule has 118 valence electrons. The van der Waals surface area contributed by atoms with Gasteiger partial charge in [0.05, 0.1) is 14.2 Å². The topological polar surface area (TPSA) is 54.0 Å². The monoisotopic (exact) mass is 294 g/mol. The van der Waals surface area contributed by atoms with E-state index in [1.807, 2.05) is 12.1 Å². The molecule has 0 bridgehead atoms. The molecule has 5 nitrogen and oxygen atoms in total. The molecule has 2 N–H and O–H groups in total. The van der Waals surface area contributed by atoms with Crippen LogP contribution in [-0.4, -0.2) is 50.4 Å². The molecule has 1 atom stereocenters. The summed E-state index contributed by atoms with van der Waals surface area (Å²) in [6, 6.07) is 4.20. The second-order valence-corrected chi connectivity index (χ2v) is 5.36. The Morgan fingerprint density at radius 2 is 1.76 bits per heavy atom. The molecular formula is C16H26N2O3. The number of benzene rings is 1. The van der Waals surface area contributed by atoms with Crippen LogP contribution in [0.1, 0.15) is 31.4 Å². The first-order valence-electron chi connectivity index (χ1n) is 7.60. The summed E-state index contributed by atoms with van der Waals surface area (Å²) < 4.78 is 10.6. The van der Waals surface area contributed by atoms with Gasteiger partial charge in [-0.1, -0.05) is 13.3 Å². The molecular weight excluding hydrogens is 268 g/mol. The van der Waals surface area contributed by atoms with Gasteiger partial charge in [-0.25, -0.2) is 0 Å². The second-order valence-electron chi connectivity index (χ2n) is 5.36. The number of nitrogens with zero attached hydrogens (tertiary/aromatic N) is 1. The van der Waals surface area contributed by atoms with Gasteiger partial charge in [-0.3, -0.25) is 4.90 Å². The lowest BCUT2D eigenvalue weighted by Gasteiger charge is -2.35. The molecule has 1 heterocycles. The lowest BCUT2D eigenvalue weighted by molar-refractivity contribution is 0.164. The third-order valence-corrected chi connectivity index (χ3v) is 4.04. The van der Waals surface area contributed by atoms with Crippen molar-refractivity contribution in [3.8, 4) is 17.2 Å². The quantitative estimate of drug-likeness (QED) is 0.842. The molecule has 2 rings (SSSR count). The van der Waals surface area contributed by atoms with Crippen molar-refractivity contribution in [3.05, 3.63) is 17.7 Å². The molecule has 0 saturated carbocycles. The first-order valence-corrected chi connectivity index (χ1v) is 7.60. The highest BCUT2D eigenvalue weighted by molar-refractivity contribution is 5.53. The van der Waals surface area contributed by atoms with Gasteiger partial charge in [0.1, 0.15) is 0 Å². The van der Waals surface area contributed by atoms with Crippen LogP contribution >= 0.6 is 0 Å². The van der Waals surface area contributed by atoms with Crippen LogP contribution in [0.15, 0.2) is 12.1 Å². The highest BCUT2D eigenvalue weighted by Gasteiger charge is 2.24. The van der Waals surface area contributed by atoms with Gasteiger partial charge in [0.25, 0.3) is 0 Å². The van der Waals surface area contributed by atoms with Crippen molar-refractivity contribution < 1.29 is 14.6 Å². The highest BCUT2D eigenvalue weighted by atomic mass is 16.5. The smallest absolute Gasteiger partial charge is 0.200 e. The zero-order chi connectivity index (χ0) is 15.2. The van der Waals surface area contributed by atoms with Crippen LogP contribution in [0.25, 0.3) is 0 Å². The molecule has 1 aromatic rings. The first-order chi connectivity index (χ1) is 10.2. The fourth-order valence-electron chi connectivity index (χ4n) is 2.93. The van der Waals surface area contributed by atoms with Gasteiger partial charge in [0.15, 0.2) is 11.5 Å². The molecule has 0 aliphatic carbocycles. The lowest BCUT2D eigenvalue weighted by atomic mass is 9.99. The van der Waals surface area contributed by atoms with E-state index in [2.05, 4.69) is 17.1 Å². The largest absolute Gasteiger partial charge is 0.502 e. The van der Waals surface area contributed by atoms with Crippen LogP contribution in [0.5, 0.6) is 17.2 Å². The fourth-order valence-corrected chi connectivity index (χ4v) is 2.93. The van der Waals surface area contributed by atoms with Crippen molar-refractivity contribution in [1.29, 1.82) is 0 Å². The van der Waals surface area contributed by atoms with Crippen molar-refractivity contribution in [1.82, 2.24) is 10.2 Å². The number of methoxy groups -OCH3 is 2. The van der Waals surface area contributed by atoms with Gasteiger partial charge in [-0.2, -0.15) is 0 Å². The zero-order valence-corrected chi connectivity index (χ0v) is 13.2. The summed E-state index contributed by atoms with van der Waals surface area (Å²) in [6.07, 6.45) is 2.19. The molecule has 1 aromatic carbocycles. The van der Waals surface area contributed by atoms with E-state index in [1.54, 1.807) is 14.2 Å². The number of rotatable bonds is 6. The standard InChI is InChI=1S/C16H26N2O3/c1-4-5-13(18-8-6-17-7-9-18)12-10-14(20-2)16(19)15(11-12)21-3/h10-11,13,17,19H,4-9H2,1-3H3/t13-/m1/s1. The summed E-state index contributed by atoms with van der Waals surface area (Å²) in [5, 5.41) is 13.4. The van der Waals surface area contributed by atoms with E-state index in [0.717, 1.165) is 44.6 Å². The molecule has 1 fully saturated rings. The third-order valence-electron chi connectivity index (χ3n) is 4.04. The number of hydrogen-bond donors (Lipinski definition) is 2. The van der Waals surface area contributed by atoms with E-state index in [-0.39, 0.29) is 5.75 Å². The average Bonchev–Trinajstić information content (AvgIpc) is 2.54. The van der Waals surface area contributed by atoms with Gasteiger partial charge in [0, 0.05) is 32.2 Å². The first kappa shape index (κ1) is 15.9. The molecule has 1 aliphatic rings. The Bertz CT molecular complexity index is 434. The van der Waals surface area contributed by atoms with Crippen molar-refractivity contribution in [2.45, 2.75) is 25.8 Å².